The van der Waals surface area contributed by atoms with E-state index in [2.05, 4.69) is 48.4 Å². The van der Waals surface area contributed by atoms with Gasteiger partial charge in [-0.15, -0.1) is 17.9 Å². The first-order chi connectivity index (χ1) is 26.9. The lowest BCUT2D eigenvalue weighted by atomic mass is 9.85. The molecule has 5 atom stereocenters. The third-order valence-corrected chi connectivity index (χ3v) is 12.3. The number of benzene rings is 1. The number of hydrogen-bond donors (Lipinski definition) is 4. The van der Waals surface area contributed by atoms with Crippen molar-refractivity contribution in [3.8, 4) is 22.9 Å². The van der Waals surface area contributed by atoms with E-state index in [0.29, 0.717) is 43.4 Å². The van der Waals surface area contributed by atoms with E-state index in [0.717, 1.165) is 25.7 Å². The standard InChI is InChI=1S/C40H49BrN6O9S/c1-8-21-17-40(21,36(51)52)46-34(49)27-15-23(18-47(27)35(50)32(39(4,5)6)44-38(53)56-22-11-9-10-12-22)55-29-16-25(26-19-57-37(43-26)45-33(48)20(2)3)42-31-24(29)13-14-28(54-7)30(31)41/h8,13-14,16,19-23,27,32H,1,9-12,15,17-18H2,2-7H3,(H,44,53)(H,46,49)(H,51,52)(H,43,45,48)/p+1/t21-,23+,27+,32-,40-/m1/s1. The number of aliphatic carboxylic acids is 1. The van der Waals surface area contributed by atoms with Crippen LogP contribution in [0.4, 0.5) is 9.93 Å². The molecule has 1 aromatic carbocycles. The number of likely N-dealkylation sites (tertiary alicyclic amines) is 1. The van der Waals surface area contributed by atoms with Crippen molar-refractivity contribution in [2.24, 2.45) is 17.3 Å². The van der Waals surface area contributed by atoms with E-state index in [4.69, 9.17) is 14.2 Å². The van der Waals surface area contributed by atoms with Crippen molar-refractivity contribution in [3.63, 3.8) is 0 Å². The van der Waals surface area contributed by atoms with E-state index < -0.39 is 58.9 Å². The van der Waals surface area contributed by atoms with Gasteiger partial charge in [0.1, 0.15) is 51.5 Å². The highest BCUT2D eigenvalue weighted by Crippen LogP contribution is 2.45. The highest BCUT2D eigenvalue weighted by Gasteiger charge is 2.61. The number of H-pyrrole nitrogens is 1. The molecule has 0 spiro atoms. The Kier molecular flexibility index (Phi) is 12.2. The average molecular weight is 871 g/mol. The van der Waals surface area contributed by atoms with Gasteiger partial charge in [-0.3, -0.25) is 14.4 Å². The number of hydrogen-bond acceptors (Lipinski definition) is 10. The van der Waals surface area contributed by atoms with Crippen LogP contribution in [-0.4, -0.2) is 88.3 Å². The first-order valence-electron chi connectivity index (χ1n) is 19.1. The first kappa shape index (κ1) is 41.9. The molecular formula is C40H50BrN6O9S+. The van der Waals surface area contributed by atoms with Gasteiger partial charge in [0.2, 0.25) is 28.9 Å². The number of amides is 4. The molecule has 3 fully saturated rings. The van der Waals surface area contributed by atoms with Gasteiger partial charge in [0.05, 0.1) is 25.1 Å². The second kappa shape index (κ2) is 16.6. The highest BCUT2D eigenvalue weighted by molar-refractivity contribution is 9.10. The van der Waals surface area contributed by atoms with Crippen LogP contribution in [0.1, 0.15) is 73.1 Å². The minimum absolute atomic E-state index is 0.0181. The number of anilines is 1. The summed E-state index contributed by atoms with van der Waals surface area (Å²) in [5.41, 5.74) is -0.631. The van der Waals surface area contributed by atoms with E-state index in [1.807, 2.05) is 6.07 Å². The van der Waals surface area contributed by atoms with E-state index in [-0.39, 0.29) is 37.3 Å². The number of nitrogens with zero attached hydrogens (tertiary/aromatic N) is 2. The molecule has 3 aliphatic rings. The minimum Gasteiger partial charge on any atom is -0.495 e. The fourth-order valence-corrected chi connectivity index (χ4v) is 8.68. The maximum absolute atomic E-state index is 14.6. The van der Waals surface area contributed by atoms with Crippen LogP contribution in [0.15, 0.2) is 40.7 Å². The summed E-state index contributed by atoms with van der Waals surface area (Å²) in [6.07, 6.45) is 3.41. The fourth-order valence-electron chi connectivity index (χ4n) is 7.36. The van der Waals surface area contributed by atoms with Crippen molar-refractivity contribution in [2.45, 2.75) is 103 Å². The van der Waals surface area contributed by atoms with Crippen LogP contribution in [0, 0.1) is 17.3 Å². The summed E-state index contributed by atoms with van der Waals surface area (Å²) < 4.78 is 18.6. The number of carbonyl (C=O) groups excluding carboxylic acids is 4. The van der Waals surface area contributed by atoms with Gasteiger partial charge < -0.3 is 40.2 Å². The lowest BCUT2D eigenvalue weighted by molar-refractivity contribution is -0.332. The maximum atomic E-state index is 14.6. The molecular weight excluding hydrogens is 820 g/mol. The predicted molar refractivity (Wildman–Crippen MR) is 216 cm³/mol. The molecule has 0 unspecified atom stereocenters. The first-order valence-corrected chi connectivity index (χ1v) is 20.7. The minimum atomic E-state index is -1.54. The zero-order valence-electron chi connectivity index (χ0n) is 32.9. The van der Waals surface area contributed by atoms with Crippen LogP contribution in [0.2, 0.25) is 0 Å². The Hall–Kier alpha value is -4.77. The molecule has 1 aliphatic heterocycles. The number of rotatable bonds is 13. The third-order valence-electron chi connectivity index (χ3n) is 10.8. The lowest BCUT2D eigenvalue weighted by Gasteiger charge is -2.35. The number of aromatic nitrogens is 2. The molecule has 3 heterocycles. The van der Waals surface area contributed by atoms with Gasteiger partial charge in [-0.1, -0.05) is 40.7 Å². The zero-order chi connectivity index (χ0) is 41.4. The van der Waals surface area contributed by atoms with Gasteiger partial charge in [-0.2, -0.15) is 0 Å². The molecule has 17 heteroatoms. The largest absolute Gasteiger partial charge is 0.495 e. The molecule has 2 saturated carbocycles. The van der Waals surface area contributed by atoms with Gasteiger partial charge in [0.15, 0.2) is 5.13 Å². The summed E-state index contributed by atoms with van der Waals surface area (Å²) in [6.45, 7) is 12.7. The van der Waals surface area contributed by atoms with E-state index in [9.17, 15) is 29.1 Å². The molecule has 3 aromatic rings. The molecule has 2 aliphatic carbocycles. The smallest absolute Gasteiger partial charge is 0.408 e. The number of pyridine rings is 1. The van der Waals surface area contributed by atoms with Crippen molar-refractivity contribution in [3.05, 3.63) is 40.7 Å². The summed E-state index contributed by atoms with van der Waals surface area (Å²) in [6, 6.07) is 3.13. The number of ether oxygens (including phenoxy) is 3. The molecule has 57 heavy (non-hydrogen) atoms. The monoisotopic (exact) mass is 869 g/mol. The lowest BCUT2D eigenvalue weighted by Crippen LogP contribution is -2.59. The quantitative estimate of drug-likeness (QED) is 0.154. The molecule has 6 rings (SSSR count). The Morgan fingerprint density at radius 3 is 2.47 bits per heavy atom. The number of halogens is 1. The number of thiazole rings is 1. The summed E-state index contributed by atoms with van der Waals surface area (Å²) in [4.78, 5) is 76.1. The second-order valence-electron chi connectivity index (χ2n) is 16.3. The predicted octanol–water partition coefficient (Wildman–Crippen LogP) is 5.72. The van der Waals surface area contributed by atoms with Crippen LogP contribution in [-0.2, 0) is 23.9 Å². The summed E-state index contributed by atoms with van der Waals surface area (Å²) in [5.74, 6) is -2.30. The Balaban J connectivity index is 1.34. The van der Waals surface area contributed by atoms with Crippen molar-refractivity contribution < 1.29 is 48.3 Å². The summed E-state index contributed by atoms with van der Waals surface area (Å²) in [7, 11) is 1.55. The Labute approximate surface area is 343 Å². The van der Waals surface area contributed by atoms with Crippen LogP contribution in [0.5, 0.6) is 11.5 Å². The van der Waals surface area contributed by atoms with Crippen molar-refractivity contribution in [1.82, 2.24) is 20.5 Å². The molecule has 0 bridgehead atoms. The SMILES string of the molecule is C=C[C@@H]1C[C@]1(NC(=O)[C@@H]1C[C@H](Oc2cc(-c3csc(NC(=O)C(C)C)n3)[nH+]c3c(Br)c(OC)ccc23)CN1C(=O)[C@@H](NC(=O)OC1CCCC1)C(C)(C)C)C(=O)O. The third kappa shape index (κ3) is 8.88. The van der Waals surface area contributed by atoms with Gasteiger partial charge in [-0.05, 0) is 65.6 Å². The summed E-state index contributed by atoms with van der Waals surface area (Å²) in [5, 5.41) is 21.3. The van der Waals surface area contributed by atoms with E-state index in [1.54, 1.807) is 59.2 Å². The number of aromatic amines is 1. The Morgan fingerprint density at radius 2 is 1.86 bits per heavy atom. The molecule has 1 saturated heterocycles. The maximum Gasteiger partial charge on any atom is 0.408 e. The number of alkyl carbamates (subject to hydrolysis) is 1. The molecule has 0 radical (unpaired) electrons. The van der Waals surface area contributed by atoms with Crippen molar-refractivity contribution >= 4 is 73.1 Å². The number of methoxy groups -OCH3 is 1. The van der Waals surface area contributed by atoms with E-state index >= 15 is 0 Å². The number of fused-ring (bicyclic) bond motifs is 1. The second-order valence-corrected chi connectivity index (χ2v) is 17.9. The normalized spacial score (nSPS) is 22.5. The topological polar surface area (TPSA) is 200 Å². The summed E-state index contributed by atoms with van der Waals surface area (Å²) >= 11 is 4.92. The molecule has 306 valence electrons. The molecule has 4 amide bonds. The van der Waals surface area contributed by atoms with Crippen LogP contribution < -0.4 is 30.4 Å². The average Bonchev–Trinajstić information content (AvgIpc) is 3.57. The van der Waals surface area contributed by atoms with Crippen LogP contribution >= 0.6 is 27.3 Å². The van der Waals surface area contributed by atoms with Crippen LogP contribution in [0.25, 0.3) is 22.3 Å². The highest BCUT2D eigenvalue weighted by atomic mass is 79.9. The molecule has 5 N–H and O–H groups in total. The van der Waals surface area contributed by atoms with Gasteiger partial charge in [0.25, 0.3) is 0 Å². The van der Waals surface area contributed by atoms with Crippen molar-refractivity contribution in [2.75, 3.05) is 19.0 Å². The van der Waals surface area contributed by atoms with Crippen molar-refractivity contribution in [1.29, 1.82) is 0 Å². The number of nitrogens with one attached hydrogen (secondary N) is 4. The number of carbonyl (C=O) groups is 5. The molecule has 15 nitrogen and oxygen atoms in total. The van der Waals surface area contributed by atoms with E-state index in [1.165, 1.54) is 22.3 Å². The zero-order valence-corrected chi connectivity index (χ0v) is 35.3. The van der Waals surface area contributed by atoms with Crippen LogP contribution in [0.3, 0.4) is 0 Å². The molecule has 2 aromatic heterocycles. The Morgan fingerprint density at radius 1 is 1.14 bits per heavy atom. The fraction of sp³-hybridized carbons (Fsp3) is 0.525. The number of carboxylic acids is 1. The number of carboxylic acid groups (broad SMARTS) is 1. The Bertz CT molecular complexity index is 2080. The van der Waals surface area contributed by atoms with Gasteiger partial charge in [0, 0.05) is 23.6 Å². The van der Waals surface area contributed by atoms with Gasteiger partial charge in [-0.25, -0.2) is 19.6 Å². The van der Waals surface area contributed by atoms with Gasteiger partial charge >= 0.3 is 12.1 Å².